The maximum absolute atomic E-state index is 13.9. The maximum Gasteiger partial charge on any atom is 0.223 e. The number of nitrogens with zero attached hydrogens (tertiary/aromatic N) is 2. The highest BCUT2D eigenvalue weighted by Crippen LogP contribution is 2.29. The van der Waals surface area contributed by atoms with Crippen LogP contribution in [0.4, 0.5) is 8.78 Å². The fourth-order valence-electron chi connectivity index (χ4n) is 3.18. The van der Waals surface area contributed by atoms with Crippen molar-refractivity contribution in [3.8, 4) is 11.3 Å². The standard InChI is InChI=1S/C22H20F2N2O2/c23-16-6-9-18(19(24)12-16)20-13-25-21(28-20)10-11-22(27)26(17-7-8-17)14-15-4-2-1-3-5-15/h1-6,9,12-13,17H,7-8,10-11,14H2. The van der Waals surface area contributed by atoms with Crippen LogP contribution in [0.25, 0.3) is 11.3 Å². The van der Waals surface area contributed by atoms with Crippen molar-refractivity contribution < 1.29 is 18.0 Å². The molecule has 1 fully saturated rings. The molecule has 0 N–H and O–H groups in total. The molecule has 1 aromatic heterocycles. The fourth-order valence-corrected chi connectivity index (χ4v) is 3.18. The molecule has 3 aromatic rings. The molecule has 4 nitrogen and oxygen atoms in total. The van der Waals surface area contributed by atoms with Gasteiger partial charge >= 0.3 is 0 Å². The molecule has 6 heteroatoms. The number of carbonyl (C=O) groups is 1. The first kappa shape index (κ1) is 18.3. The Morgan fingerprint density at radius 1 is 1.14 bits per heavy atom. The Kier molecular flexibility index (Phi) is 5.19. The van der Waals surface area contributed by atoms with E-state index in [9.17, 15) is 13.6 Å². The third-order valence-electron chi connectivity index (χ3n) is 4.81. The second-order valence-electron chi connectivity index (χ2n) is 6.98. The summed E-state index contributed by atoms with van der Waals surface area (Å²) in [4.78, 5) is 18.8. The Morgan fingerprint density at radius 3 is 2.64 bits per heavy atom. The largest absolute Gasteiger partial charge is 0.441 e. The van der Waals surface area contributed by atoms with Gasteiger partial charge in [0.05, 0.1) is 11.8 Å². The van der Waals surface area contributed by atoms with Crippen LogP contribution in [-0.4, -0.2) is 21.8 Å². The zero-order chi connectivity index (χ0) is 19.5. The summed E-state index contributed by atoms with van der Waals surface area (Å²) in [5.41, 5.74) is 1.25. The number of benzene rings is 2. The number of hydrogen-bond donors (Lipinski definition) is 0. The molecule has 1 aliphatic rings. The monoisotopic (exact) mass is 382 g/mol. The number of oxazole rings is 1. The molecule has 0 bridgehead atoms. The van der Waals surface area contributed by atoms with Gasteiger partial charge in [0, 0.05) is 31.5 Å². The van der Waals surface area contributed by atoms with E-state index in [-0.39, 0.29) is 23.7 Å². The van der Waals surface area contributed by atoms with Crippen molar-refractivity contribution in [3.63, 3.8) is 0 Å². The number of rotatable bonds is 7. The first-order valence-corrected chi connectivity index (χ1v) is 9.33. The zero-order valence-corrected chi connectivity index (χ0v) is 15.3. The highest BCUT2D eigenvalue weighted by atomic mass is 19.1. The second-order valence-corrected chi connectivity index (χ2v) is 6.98. The first-order valence-electron chi connectivity index (χ1n) is 9.33. The van der Waals surface area contributed by atoms with Crippen LogP contribution in [0, 0.1) is 11.6 Å². The van der Waals surface area contributed by atoms with Crippen molar-refractivity contribution in [1.82, 2.24) is 9.88 Å². The number of aryl methyl sites for hydroxylation is 1. The van der Waals surface area contributed by atoms with E-state index in [1.165, 1.54) is 18.3 Å². The topological polar surface area (TPSA) is 46.3 Å². The van der Waals surface area contributed by atoms with E-state index < -0.39 is 11.6 Å². The van der Waals surface area contributed by atoms with Gasteiger partial charge in [-0.3, -0.25) is 4.79 Å². The van der Waals surface area contributed by atoms with Crippen LogP contribution in [-0.2, 0) is 17.8 Å². The van der Waals surface area contributed by atoms with Crippen molar-refractivity contribution in [2.24, 2.45) is 0 Å². The second kappa shape index (κ2) is 7.92. The highest BCUT2D eigenvalue weighted by Gasteiger charge is 2.32. The minimum atomic E-state index is -0.707. The number of halogens is 2. The van der Waals surface area contributed by atoms with E-state index in [0.29, 0.717) is 24.9 Å². The molecule has 0 atom stereocenters. The SMILES string of the molecule is O=C(CCc1ncc(-c2ccc(F)cc2F)o1)N(Cc1ccccc1)C1CC1. The molecular formula is C22H20F2N2O2. The maximum atomic E-state index is 13.9. The van der Waals surface area contributed by atoms with Gasteiger partial charge in [0.15, 0.2) is 11.7 Å². The molecule has 144 valence electrons. The van der Waals surface area contributed by atoms with Gasteiger partial charge in [0.25, 0.3) is 0 Å². The number of aromatic nitrogens is 1. The highest BCUT2D eigenvalue weighted by molar-refractivity contribution is 5.77. The van der Waals surface area contributed by atoms with Gasteiger partial charge in [-0.1, -0.05) is 30.3 Å². The van der Waals surface area contributed by atoms with Crippen LogP contribution in [0.5, 0.6) is 0 Å². The van der Waals surface area contributed by atoms with Crippen LogP contribution in [0.15, 0.2) is 59.1 Å². The van der Waals surface area contributed by atoms with E-state index in [0.717, 1.165) is 24.5 Å². The van der Waals surface area contributed by atoms with E-state index in [1.54, 1.807) is 0 Å². The molecular weight excluding hydrogens is 362 g/mol. The van der Waals surface area contributed by atoms with E-state index >= 15 is 0 Å². The van der Waals surface area contributed by atoms with E-state index in [2.05, 4.69) is 4.98 Å². The van der Waals surface area contributed by atoms with Crippen LogP contribution in [0.3, 0.4) is 0 Å². The smallest absolute Gasteiger partial charge is 0.223 e. The molecule has 2 aromatic carbocycles. The number of carbonyl (C=O) groups excluding carboxylic acids is 1. The molecule has 28 heavy (non-hydrogen) atoms. The summed E-state index contributed by atoms with van der Waals surface area (Å²) in [5.74, 6) is -0.711. The average Bonchev–Trinajstić information content (AvgIpc) is 3.43. The molecule has 0 spiro atoms. The molecule has 0 radical (unpaired) electrons. The molecule has 0 saturated heterocycles. The molecule has 1 amide bonds. The summed E-state index contributed by atoms with van der Waals surface area (Å²) in [6, 6.07) is 13.5. The zero-order valence-electron chi connectivity index (χ0n) is 15.3. The molecule has 1 heterocycles. The Labute approximate surface area is 161 Å². The van der Waals surface area contributed by atoms with Crippen molar-refractivity contribution >= 4 is 5.91 Å². The minimum absolute atomic E-state index is 0.0547. The number of hydrogen-bond acceptors (Lipinski definition) is 3. The van der Waals surface area contributed by atoms with Gasteiger partial charge in [-0.15, -0.1) is 0 Å². The van der Waals surface area contributed by atoms with Crippen LogP contribution >= 0.6 is 0 Å². The van der Waals surface area contributed by atoms with Gasteiger partial charge in [-0.2, -0.15) is 0 Å². The van der Waals surface area contributed by atoms with Gasteiger partial charge in [0.2, 0.25) is 5.91 Å². The average molecular weight is 382 g/mol. The van der Waals surface area contributed by atoms with Gasteiger partial charge in [-0.25, -0.2) is 13.8 Å². The van der Waals surface area contributed by atoms with Gasteiger partial charge in [0.1, 0.15) is 11.6 Å². The fraction of sp³-hybridized carbons (Fsp3) is 0.273. The lowest BCUT2D eigenvalue weighted by molar-refractivity contribution is -0.132. The molecule has 0 aliphatic heterocycles. The van der Waals surface area contributed by atoms with Crippen LogP contribution < -0.4 is 0 Å². The Bertz CT molecular complexity index is 968. The third-order valence-corrected chi connectivity index (χ3v) is 4.81. The third kappa shape index (κ3) is 4.27. The summed E-state index contributed by atoms with van der Waals surface area (Å²) in [7, 11) is 0. The van der Waals surface area contributed by atoms with Crippen molar-refractivity contribution in [1.29, 1.82) is 0 Å². The Balaban J connectivity index is 1.39. The lowest BCUT2D eigenvalue weighted by Crippen LogP contribution is -2.32. The quantitative estimate of drug-likeness (QED) is 0.593. The predicted octanol–water partition coefficient (Wildman–Crippen LogP) is 4.74. The first-order chi connectivity index (χ1) is 13.6. The lowest BCUT2D eigenvalue weighted by Gasteiger charge is -2.22. The molecule has 1 saturated carbocycles. The van der Waals surface area contributed by atoms with Crippen LogP contribution in [0.2, 0.25) is 0 Å². The minimum Gasteiger partial charge on any atom is -0.441 e. The van der Waals surface area contributed by atoms with Crippen molar-refractivity contribution in [3.05, 3.63) is 77.8 Å². The summed E-state index contributed by atoms with van der Waals surface area (Å²) >= 11 is 0. The van der Waals surface area contributed by atoms with E-state index in [4.69, 9.17) is 4.42 Å². The van der Waals surface area contributed by atoms with Gasteiger partial charge in [-0.05, 0) is 30.5 Å². The lowest BCUT2D eigenvalue weighted by atomic mass is 10.2. The summed E-state index contributed by atoms with van der Waals surface area (Å²) in [6.45, 7) is 0.599. The summed E-state index contributed by atoms with van der Waals surface area (Å²) in [6.07, 6.45) is 4.07. The van der Waals surface area contributed by atoms with E-state index in [1.807, 2.05) is 35.2 Å². The normalized spacial score (nSPS) is 13.5. The van der Waals surface area contributed by atoms with Crippen molar-refractivity contribution in [2.75, 3.05) is 0 Å². The summed E-state index contributed by atoms with van der Waals surface area (Å²) in [5, 5.41) is 0. The van der Waals surface area contributed by atoms with Crippen molar-refractivity contribution in [2.45, 2.75) is 38.3 Å². The van der Waals surface area contributed by atoms with Gasteiger partial charge < -0.3 is 9.32 Å². The predicted molar refractivity (Wildman–Crippen MR) is 100 cm³/mol. The Hall–Kier alpha value is -3.02. The molecule has 0 unspecified atom stereocenters. The molecule has 1 aliphatic carbocycles. The Morgan fingerprint density at radius 2 is 1.93 bits per heavy atom. The summed E-state index contributed by atoms with van der Waals surface area (Å²) < 4.78 is 32.5. The number of amides is 1. The van der Waals surface area contributed by atoms with Crippen LogP contribution in [0.1, 0.15) is 30.7 Å². The molecule has 4 rings (SSSR count).